The number of benzene rings is 1. The first-order chi connectivity index (χ1) is 12.8. The summed E-state index contributed by atoms with van der Waals surface area (Å²) in [5.41, 5.74) is 2.09. The number of carbonyl (C=O) groups excluding carboxylic acids is 1. The van der Waals surface area contributed by atoms with Gasteiger partial charge >= 0.3 is 0 Å². The number of ether oxygens (including phenoxy) is 2. The number of carbonyl (C=O) groups is 1. The highest BCUT2D eigenvalue weighted by atomic mass is 16.7. The lowest BCUT2D eigenvalue weighted by atomic mass is 10.2. The van der Waals surface area contributed by atoms with Crippen molar-refractivity contribution in [2.75, 3.05) is 6.79 Å². The van der Waals surface area contributed by atoms with Gasteiger partial charge in [0.25, 0.3) is 0 Å². The van der Waals surface area contributed by atoms with E-state index < -0.39 is 0 Å². The van der Waals surface area contributed by atoms with Gasteiger partial charge in [0, 0.05) is 18.5 Å². The van der Waals surface area contributed by atoms with E-state index >= 15 is 0 Å². The molecule has 7 nitrogen and oxygen atoms in total. The zero-order chi connectivity index (χ0) is 17.8. The summed E-state index contributed by atoms with van der Waals surface area (Å²) in [6.45, 7) is 0.466. The summed E-state index contributed by atoms with van der Waals surface area (Å²) in [6, 6.07) is 9.07. The summed E-state index contributed by atoms with van der Waals surface area (Å²) in [6.07, 6.45) is 7.90. The number of aromatic nitrogens is 2. The Labute approximate surface area is 149 Å². The smallest absolute Gasteiger partial charge is 0.244 e. The van der Waals surface area contributed by atoms with Crippen LogP contribution in [0.15, 0.2) is 59.5 Å². The van der Waals surface area contributed by atoms with Crippen LogP contribution in [-0.4, -0.2) is 22.7 Å². The Balaban J connectivity index is 1.40. The molecule has 1 amide bonds. The highest BCUT2D eigenvalue weighted by molar-refractivity contribution is 5.91. The lowest BCUT2D eigenvalue weighted by Crippen LogP contribution is -2.21. The van der Waals surface area contributed by atoms with E-state index in [1.165, 1.54) is 6.08 Å². The summed E-state index contributed by atoms with van der Waals surface area (Å²) in [7, 11) is 0. The molecule has 1 aromatic carbocycles. The molecule has 0 atom stereocenters. The maximum absolute atomic E-state index is 12.1. The second-order valence-corrected chi connectivity index (χ2v) is 5.49. The van der Waals surface area contributed by atoms with Crippen LogP contribution in [0.2, 0.25) is 0 Å². The van der Waals surface area contributed by atoms with Gasteiger partial charge < -0.3 is 19.2 Å². The molecule has 0 radical (unpaired) electrons. The monoisotopic (exact) mass is 349 g/mol. The third-order valence-corrected chi connectivity index (χ3v) is 3.78. The van der Waals surface area contributed by atoms with Crippen molar-refractivity contribution in [2.45, 2.75) is 6.54 Å². The molecule has 0 saturated carbocycles. The molecule has 0 bridgehead atoms. The quantitative estimate of drug-likeness (QED) is 0.713. The molecule has 1 aliphatic rings. The Kier molecular flexibility index (Phi) is 4.34. The number of rotatable bonds is 5. The Bertz CT molecular complexity index is 951. The predicted octanol–water partition coefficient (Wildman–Crippen LogP) is 2.79. The SMILES string of the molecule is O=C(C=Cc1ccc2c(c1)OCO2)NCc1nccnc1-c1ccco1. The molecule has 0 saturated heterocycles. The zero-order valence-corrected chi connectivity index (χ0v) is 13.7. The first-order valence-corrected chi connectivity index (χ1v) is 7.99. The van der Waals surface area contributed by atoms with Gasteiger partial charge in [-0.05, 0) is 35.9 Å². The average Bonchev–Trinajstić information content (AvgIpc) is 3.36. The summed E-state index contributed by atoms with van der Waals surface area (Å²) >= 11 is 0. The number of nitrogens with one attached hydrogen (secondary N) is 1. The van der Waals surface area contributed by atoms with Gasteiger partial charge in [-0.1, -0.05) is 6.07 Å². The molecule has 0 aliphatic carbocycles. The van der Waals surface area contributed by atoms with Crippen LogP contribution >= 0.6 is 0 Å². The molecule has 0 unspecified atom stereocenters. The van der Waals surface area contributed by atoms with E-state index in [0.717, 1.165) is 5.56 Å². The van der Waals surface area contributed by atoms with E-state index in [0.29, 0.717) is 28.6 Å². The average molecular weight is 349 g/mol. The topological polar surface area (TPSA) is 86.5 Å². The van der Waals surface area contributed by atoms with E-state index in [1.54, 1.807) is 36.9 Å². The third-order valence-electron chi connectivity index (χ3n) is 3.78. The predicted molar refractivity (Wildman–Crippen MR) is 93.2 cm³/mol. The Morgan fingerprint density at radius 3 is 2.92 bits per heavy atom. The van der Waals surface area contributed by atoms with Gasteiger partial charge in [-0.25, -0.2) is 4.98 Å². The molecule has 3 heterocycles. The van der Waals surface area contributed by atoms with Gasteiger partial charge in [0.05, 0.1) is 18.5 Å². The van der Waals surface area contributed by atoms with Crippen LogP contribution in [0.25, 0.3) is 17.5 Å². The van der Waals surface area contributed by atoms with Gasteiger partial charge in [0.15, 0.2) is 17.3 Å². The molecular weight excluding hydrogens is 334 g/mol. The number of hydrogen-bond acceptors (Lipinski definition) is 6. The molecule has 0 spiro atoms. The fraction of sp³-hybridized carbons (Fsp3) is 0.105. The van der Waals surface area contributed by atoms with Crippen molar-refractivity contribution < 1.29 is 18.7 Å². The van der Waals surface area contributed by atoms with Crippen molar-refractivity contribution >= 4 is 12.0 Å². The minimum atomic E-state index is -0.237. The molecule has 1 N–H and O–H groups in total. The van der Waals surface area contributed by atoms with Crippen molar-refractivity contribution in [3.63, 3.8) is 0 Å². The standard InChI is InChI=1S/C19H15N3O4/c23-18(6-4-13-3-5-15-17(10-13)26-12-25-15)22-11-14-19(21-8-7-20-14)16-2-1-9-24-16/h1-10H,11-12H2,(H,22,23). The number of furan rings is 1. The van der Waals surface area contributed by atoms with E-state index in [1.807, 2.05) is 18.2 Å². The van der Waals surface area contributed by atoms with Crippen molar-refractivity contribution in [3.8, 4) is 23.0 Å². The summed E-state index contributed by atoms with van der Waals surface area (Å²) in [4.78, 5) is 20.6. The van der Waals surface area contributed by atoms with Gasteiger partial charge in [0.1, 0.15) is 5.69 Å². The van der Waals surface area contributed by atoms with Crippen LogP contribution in [0, 0.1) is 0 Å². The van der Waals surface area contributed by atoms with E-state index in [2.05, 4.69) is 15.3 Å². The van der Waals surface area contributed by atoms with Gasteiger partial charge in [0.2, 0.25) is 12.7 Å². The van der Waals surface area contributed by atoms with Gasteiger partial charge in [-0.3, -0.25) is 9.78 Å². The molecule has 26 heavy (non-hydrogen) atoms. The Morgan fingerprint density at radius 2 is 2.04 bits per heavy atom. The van der Waals surface area contributed by atoms with Crippen molar-refractivity contribution in [1.82, 2.24) is 15.3 Å². The number of hydrogen-bond donors (Lipinski definition) is 1. The summed E-state index contributed by atoms with van der Waals surface area (Å²) in [5, 5.41) is 2.80. The molecule has 4 rings (SSSR count). The molecule has 2 aromatic heterocycles. The number of amides is 1. The van der Waals surface area contributed by atoms with Crippen LogP contribution in [0.1, 0.15) is 11.3 Å². The fourth-order valence-corrected chi connectivity index (χ4v) is 2.53. The van der Waals surface area contributed by atoms with Gasteiger partial charge in [-0.15, -0.1) is 0 Å². The molecule has 3 aromatic rings. The van der Waals surface area contributed by atoms with Gasteiger partial charge in [-0.2, -0.15) is 0 Å². The van der Waals surface area contributed by atoms with Crippen molar-refractivity contribution in [2.24, 2.45) is 0 Å². The second kappa shape index (κ2) is 7.10. The van der Waals surface area contributed by atoms with Crippen LogP contribution in [0.5, 0.6) is 11.5 Å². The molecule has 0 fully saturated rings. The van der Waals surface area contributed by atoms with E-state index in [4.69, 9.17) is 13.9 Å². The molecule has 1 aliphatic heterocycles. The van der Waals surface area contributed by atoms with E-state index in [-0.39, 0.29) is 19.2 Å². The normalized spacial score (nSPS) is 12.5. The highest BCUT2D eigenvalue weighted by Gasteiger charge is 2.13. The molecule has 7 heteroatoms. The number of nitrogens with zero attached hydrogens (tertiary/aromatic N) is 2. The maximum atomic E-state index is 12.1. The lowest BCUT2D eigenvalue weighted by Gasteiger charge is -2.05. The van der Waals surface area contributed by atoms with Crippen LogP contribution < -0.4 is 14.8 Å². The van der Waals surface area contributed by atoms with Crippen LogP contribution in [0.3, 0.4) is 0 Å². The number of fused-ring (bicyclic) bond motifs is 1. The lowest BCUT2D eigenvalue weighted by molar-refractivity contribution is -0.116. The van der Waals surface area contributed by atoms with Crippen molar-refractivity contribution in [3.05, 3.63) is 66.3 Å². The fourth-order valence-electron chi connectivity index (χ4n) is 2.53. The molecular formula is C19H15N3O4. The van der Waals surface area contributed by atoms with E-state index in [9.17, 15) is 4.79 Å². The minimum absolute atomic E-state index is 0.221. The Hall–Kier alpha value is -3.61. The largest absolute Gasteiger partial charge is 0.463 e. The first-order valence-electron chi connectivity index (χ1n) is 7.99. The van der Waals surface area contributed by atoms with Crippen molar-refractivity contribution in [1.29, 1.82) is 0 Å². The summed E-state index contributed by atoms with van der Waals surface area (Å²) < 4.78 is 15.9. The van der Waals surface area contributed by atoms with Crippen LogP contribution in [0.4, 0.5) is 0 Å². The summed E-state index contributed by atoms with van der Waals surface area (Å²) in [5.74, 6) is 1.76. The van der Waals surface area contributed by atoms with Crippen LogP contribution in [-0.2, 0) is 11.3 Å². The zero-order valence-electron chi connectivity index (χ0n) is 13.7. The second-order valence-electron chi connectivity index (χ2n) is 5.49. The highest BCUT2D eigenvalue weighted by Crippen LogP contribution is 2.32. The Morgan fingerprint density at radius 1 is 1.15 bits per heavy atom. The first kappa shape index (κ1) is 15.9. The molecule has 130 valence electrons. The third kappa shape index (κ3) is 3.41. The maximum Gasteiger partial charge on any atom is 0.244 e. The minimum Gasteiger partial charge on any atom is -0.463 e.